The first kappa shape index (κ1) is 26.2. The van der Waals surface area contributed by atoms with E-state index in [4.69, 9.17) is 10.2 Å². The molecule has 0 amide bonds. The molecule has 136 valence electrons. The highest BCUT2D eigenvalue weighted by Crippen LogP contribution is 2.17. The van der Waals surface area contributed by atoms with Crippen LogP contribution in [0.3, 0.4) is 0 Å². The van der Waals surface area contributed by atoms with Crippen LogP contribution in [0.25, 0.3) is 0 Å². The lowest BCUT2D eigenvalue weighted by atomic mass is 9.95. The zero-order valence-electron chi connectivity index (χ0n) is 15.1. The number of hydrogen-bond donors (Lipinski definition) is 4. The van der Waals surface area contributed by atoms with Crippen molar-refractivity contribution in [3.05, 3.63) is 24.3 Å². The van der Waals surface area contributed by atoms with Gasteiger partial charge >= 0.3 is 11.9 Å². The summed E-state index contributed by atoms with van der Waals surface area (Å²) >= 11 is 0. The standard InChI is InChI=1S/C9H20O2.2C4H6O2/c1-8(2,10)6-5-7-9(3,4)11;2*1-3(2)4(5)6/h10-11H,5-7H2,1-4H3;2*1H2,2H3,(H,5,6). The number of carboxylic acid groups (broad SMARTS) is 2. The number of rotatable bonds is 6. The minimum absolute atomic E-state index is 0.176. The molecule has 0 atom stereocenters. The Bertz CT molecular complexity index is 334. The van der Waals surface area contributed by atoms with Gasteiger partial charge in [-0.2, -0.15) is 0 Å². The zero-order chi connectivity index (χ0) is 19.4. The molecule has 0 aromatic carbocycles. The van der Waals surface area contributed by atoms with Gasteiger partial charge in [-0.05, 0) is 60.8 Å². The molecule has 0 fully saturated rings. The van der Waals surface area contributed by atoms with E-state index < -0.39 is 23.1 Å². The molecule has 0 aromatic rings. The van der Waals surface area contributed by atoms with Gasteiger partial charge in [0.2, 0.25) is 0 Å². The summed E-state index contributed by atoms with van der Waals surface area (Å²) in [6.45, 7) is 16.4. The van der Waals surface area contributed by atoms with Crippen molar-refractivity contribution in [3.63, 3.8) is 0 Å². The molecule has 0 aliphatic carbocycles. The molecule has 4 N–H and O–H groups in total. The fourth-order valence-electron chi connectivity index (χ4n) is 0.954. The topological polar surface area (TPSA) is 115 Å². The van der Waals surface area contributed by atoms with Crippen molar-refractivity contribution in [2.75, 3.05) is 0 Å². The van der Waals surface area contributed by atoms with Gasteiger partial charge in [-0.25, -0.2) is 9.59 Å². The van der Waals surface area contributed by atoms with Crippen LogP contribution in [0.1, 0.15) is 60.8 Å². The zero-order valence-corrected chi connectivity index (χ0v) is 15.1. The molecule has 0 spiro atoms. The average molecular weight is 332 g/mol. The van der Waals surface area contributed by atoms with Crippen LogP contribution in [0.2, 0.25) is 0 Å². The smallest absolute Gasteiger partial charge is 0.330 e. The van der Waals surface area contributed by atoms with E-state index in [-0.39, 0.29) is 11.1 Å². The number of aliphatic carboxylic acids is 2. The van der Waals surface area contributed by atoms with Crippen molar-refractivity contribution in [1.29, 1.82) is 0 Å². The monoisotopic (exact) mass is 332 g/mol. The van der Waals surface area contributed by atoms with Gasteiger partial charge in [-0.15, -0.1) is 0 Å². The van der Waals surface area contributed by atoms with E-state index in [1.165, 1.54) is 13.8 Å². The van der Waals surface area contributed by atoms with Gasteiger partial charge in [0, 0.05) is 11.1 Å². The molecular weight excluding hydrogens is 300 g/mol. The fraction of sp³-hybridized carbons (Fsp3) is 0.647. The van der Waals surface area contributed by atoms with Gasteiger partial charge in [-0.1, -0.05) is 13.2 Å². The van der Waals surface area contributed by atoms with Crippen LogP contribution in [0, 0.1) is 0 Å². The molecule has 0 aromatic heterocycles. The van der Waals surface area contributed by atoms with Crippen molar-refractivity contribution in [1.82, 2.24) is 0 Å². The predicted octanol–water partition coefficient (Wildman–Crippen LogP) is 2.99. The Balaban J connectivity index is -0.000000284. The third kappa shape index (κ3) is 33.3. The van der Waals surface area contributed by atoms with Crippen LogP contribution in [-0.2, 0) is 9.59 Å². The summed E-state index contributed by atoms with van der Waals surface area (Å²) in [6, 6.07) is 0. The summed E-state index contributed by atoms with van der Waals surface area (Å²) in [4.78, 5) is 19.2. The highest BCUT2D eigenvalue weighted by molar-refractivity contribution is 5.85. The molecule has 0 unspecified atom stereocenters. The van der Waals surface area contributed by atoms with Gasteiger partial charge in [0.25, 0.3) is 0 Å². The maximum atomic E-state index is 9.60. The predicted molar refractivity (Wildman–Crippen MR) is 91.3 cm³/mol. The number of carbonyl (C=O) groups is 2. The van der Waals surface area contributed by atoms with Gasteiger partial charge in [0.05, 0.1) is 11.2 Å². The third-order valence-corrected chi connectivity index (χ3v) is 2.31. The molecule has 6 nitrogen and oxygen atoms in total. The second-order valence-electron chi connectivity index (χ2n) is 6.65. The third-order valence-electron chi connectivity index (χ3n) is 2.31. The Hall–Kier alpha value is -1.66. The molecule has 0 aliphatic rings. The summed E-state index contributed by atoms with van der Waals surface area (Å²) in [5, 5.41) is 34.4. The normalized spacial score (nSPS) is 10.4. The molecule has 0 bridgehead atoms. The lowest BCUT2D eigenvalue weighted by Gasteiger charge is -2.21. The largest absolute Gasteiger partial charge is 0.478 e. The van der Waals surface area contributed by atoms with Crippen LogP contribution >= 0.6 is 0 Å². The van der Waals surface area contributed by atoms with Crippen molar-refractivity contribution in [3.8, 4) is 0 Å². The maximum Gasteiger partial charge on any atom is 0.330 e. The van der Waals surface area contributed by atoms with Gasteiger partial charge in [0.15, 0.2) is 0 Å². The SMILES string of the molecule is C=C(C)C(=O)O.C=C(C)C(=O)O.CC(C)(O)CCCC(C)(C)O. The lowest BCUT2D eigenvalue weighted by molar-refractivity contribution is -0.133. The molecule has 0 aliphatic heterocycles. The summed E-state index contributed by atoms with van der Waals surface area (Å²) in [5.41, 5.74) is -0.832. The first-order valence-electron chi connectivity index (χ1n) is 7.22. The number of aliphatic hydroxyl groups is 2. The van der Waals surface area contributed by atoms with E-state index in [9.17, 15) is 19.8 Å². The molecule has 0 rings (SSSR count). The summed E-state index contributed by atoms with van der Waals surface area (Å²) in [7, 11) is 0. The molecule has 23 heavy (non-hydrogen) atoms. The summed E-state index contributed by atoms with van der Waals surface area (Å²) < 4.78 is 0. The van der Waals surface area contributed by atoms with E-state index in [1.807, 2.05) is 0 Å². The highest BCUT2D eigenvalue weighted by Gasteiger charge is 2.16. The average Bonchev–Trinajstić information content (AvgIpc) is 2.26. The minimum Gasteiger partial charge on any atom is -0.478 e. The lowest BCUT2D eigenvalue weighted by Crippen LogP contribution is -2.22. The number of hydrogen-bond acceptors (Lipinski definition) is 4. The van der Waals surface area contributed by atoms with Crippen molar-refractivity contribution >= 4 is 11.9 Å². The van der Waals surface area contributed by atoms with Crippen LogP contribution in [0.4, 0.5) is 0 Å². The van der Waals surface area contributed by atoms with Crippen molar-refractivity contribution < 1.29 is 30.0 Å². The molecule has 0 radical (unpaired) electrons. The Kier molecular flexibility index (Phi) is 13.5. The Morgan fingerprint density at radius 3 is 1.04 bits per heavy atom. The summed E-state index contributed by atoms with van der Waals surface area (Å²) in [5.74, 6) is -1.87. The first-order valence-corrected chi connectivity index (χ1v) is 7.22. The van der Waals surface area contributed by atoms with Crippen molar-refractivity contribution in [2.24, 2.45) is 0 Å². The quantitative estimate of drug-likeness (QED) is 0.556. The van der Waals surface area contributed by atoms with Crippen LogP contribution < -0.4 is 0 Å². The minimum atomic E-state index is -0.935. The van der Waals surface area contributed by atoms with Gasteiger partial charge < -0.3 is 20.4 Å². The number of carboxylic acids is 2. The van der Waals surface area contributed by atoms with E-state index >= 15 is 0 Å². The molecule has 0 saturated heterocycles. The Morgan fingerprint density at radius 2 is 0.957 bits per heavy atom. The van der Waals surface area contributed by atoms with E-state index in [2.05, 4.69) is 13.2 Å². The van der Waals surface area contributed by atoms with Crippen LogP contribution in [-0.4, -0.2) is 43.6 Å². The van der Waals surface area contributed by atoms with E-state index in [1.54, 1.807) is 27.7 Å². The molecule has 6 heteroatoms. The Morgan fingerprint density at radius 1 is 0.783 bits per heavy atom. The maximum absolute atomic E-state index is 9.60. The first-order chi connectivity index (χ1) is 9.99. The van der Waals surface area contributed by atoms with Crippen LogP contribution in [0.15, 0.2) is 24.3 Å². The van der Waals surface area contributed by atoms with Crippen molar-refractivity contribution in [2.45, 2.75) is 72.0 Å². The van der Waals surface area contributed by atoms with Gasteiger partial charge in [0.1, 0.15) is 0 Å². The highest BCUT2D eigenvalue weighted by atomic mass is 16.4. The molecular formula is C17H32O6. The Labute approximate surface area is 139 Å². The van der Waals surface area contributed by atoms with Crippen LogP contribution in [0.5, 0.6) is 0 Å². The molecule has 0 heterocycles. The second kappa shape index (κ2) is 11.8. The van der Waals surface area contributed by atoms with E-state index in [0.29, 0.717) is 0 Å². The van der Waals surface area contributed by atoms with E-state index in [0.717, 1.165) is 19.3 Å². The molecule has 0 saturated carbocycles. The fourth-order valence-corrected chi connectivity index (χ4v) is 0.954. The van der Waals surface area contributed by atoms with Gasteiger partial charge in [-0.3, -0.25) is 0 Å². The summed E-state index contributed by atoms with van der Waals surface area (Å²) in [6.07, 6.45) is 2.36. The second-order valence-corrected chi connectivity index (χ2v) is 6.65.